The normalized spacial score (nSPS) is 10.5. The summed E-state index contributed by atoms with van der Waals surface area (Å²) in [6.07, 6.45) is 3.67. The SMILES string of the molecule is O=C(CNC(=O)c1ccccc1-c1ccc(Cn2cccn2)cc1)OCc1ccccc1. The molecule has 6 nitrogen and oxygen atoms in total. The molecule has 0 aliphatic carbocycles. The highest BCUT2D eigenvalue weighted by atomic mass is 16.5. The van der Waals surface area contributed by atoms with Crippen LogP contribution in [0.2, 0.25) is 0 Å². The zero-order chi connectivity index (χ0) is 22.2. The molecular weight excluding hydrogens is 402 g/mol. The first-order valence-corrected chi connectivity index (χ1v) is 10.3. The Labute approximate surface area is 186 Å². The molecule has 0 aliphatic rings. The predicted molar refractivity (Wildman–Crippen MR) is 122 cm³/mol. The van der Waals surface area contributed by atoms with Gasteiger partial charge in [-0.15, -0.1) is 0 Å². The van der Waals surface area contributed by atoms with Gasteiger partial charge in [0.1, 0.15) is 13.2 Å². The summed E-state index contributed by atoms with van der Waals surface area (Å²) in [5.74, 6) is -0.805. The van der Waals surface area contributed by atoms with Crippen LogP contribution in [0.25, 0.3) is 11.1 Å². The Morgan fingerprint density at radius 3 is 2.34 bits per heavy atom. The second kappa shape index (κ2) is 10.2. The number of amides is 1. The largest absolute Gasteiger partial charge is 0.460 e. The quantitative estimate of drug-likeness (QED) is 0.432. The van der Waals surface area contributed by atoms with Crippen LogP contribution in [0.5, 0.6) is 0 Å². The van der Waals surface area contributed by atoms with Gasteiger partial charge < -0.3 is 10.1 Å². The van der Waals surface area contributed by atoms with Crippen molar-refractivity contribution in [2.24, 2.45) is 0 Å². The van der Waals surface area contributed by atoms with Crippen LogP contribution in [0.15, 0.2) is 97.3 Å². The van der Waals surface area contributed by atoms with Gasteiger partial charge in [-0.3, -0.25) is 14.3 Å². The zero-order valence-electron chi connectivity index (χ0n) is 17.5. The third kappa shape index (κ3) is 5.49. The van der Waals surface area contributed by atoms with Gasteiger partial charge in [0, 0.05) is 18.0 Å². The Morgan fingerprint density at radius 1 is 0.844 bits per heavy atom. The Balaban J connectivity index is 1.38. The average Bonchev–Trinajstić information content (AvgIpc) is 3.35. The van der Waals surface area contributed by atoms with Crippen molar-refractivity contribution in [2.75, 3.05) is 6.54 Å². The zero-order valence-corrected chi connectivity index (χ0v) is 17.5. The van der Waals surface area contributed by atoms with E-state index >= 15 is 0 Å². The van der Waals surface area contributed by atoms with E-state index < -0.39 is 5.97 Å². The molecule has 6 heteroatoms. The second-order valence-electron chi connectivity index (χ2n) is 7.28. The van der Waals surface area contributed by atoms with E-state index in [0.29, 0.717) is 12.1 Å². The van der Waals surface area contributed by atoms with Crippen LogP contribution in [0.1, 0.15) is 21.5 Å². The van der Waals surface area contributed by atoms with E-state index in [1.165, 1.54) is 0 Å². The lowest BCUT2D eigenvalue weighted by molar-refractivity contribution is -0.143. The molecule has 0 saturated carbocycles. The van der Waals surface area contributed by atoms with Gasteiger partial charge in [0.25, 0.3) is 5.91 Å². The number of carbonyl (C=O) groups excluding carboxylic acids is 2. The van der Waals surface area contributed by atoms with Gasteiger partial charge in [0.15, 0.2) is 0 Å². The summed E-state index contributed by atoms with van der Waals surface area (Å²) in [6.45, 7) is 0.667. The fourth-order valence-electron chi connectivity index (χ4n) is 3.34. The molecule has 1 N–H and O–H groups in total. The summed E-state index contributed by atoms with van der Waals surface area (Å²) in [7, 11) is 0. The molecule has 32 heavy (non-hydrogen) atoms. The van der Waals surface area contributed by atoms with Crippen molar-refractivity contribution in [1.82, 2.24) is 15.1 Å². The number of esters is 1. The van der Waals surface area contributed by atoms with Crippen molar-refractivity contribution in [3.05, 3.63) is 114 Å². The van der Waals surface area contributed by atoms with E-state index in [-0.39, 0.29) is 19.1 Å². The van der Waals surface area contributed by atoms with Crippen LogP contribution >= 0.6 is 0 Å². The highest BCUT2D eigenvalue weighted by molar-refractivity contribution is 6.01. The molecule has 1 amide bonds. The minimum atomic E-state index is -0.484. The van der Waals surface area contributed by atoms with Gasteiger partial charge in [-0.25, -0.2) is 0 Å². The maximum Gasteiger partial charge on any atom is 0.325 e. The third-order valence-corrected chi connectivity index (χ3v) is 4.98. The molecule has 1 aromatic heterocycles. The molecule has 0 atom stereocenters. The molecule has 0 unspecified atom stereocenters. The molecule has 1 heterocycles. The number of aromatic nitrogens is 2. The number of nitrogens with one attached hydrogen (secondary N) is 1. The topological polar surface area (TPSA) is 73.2 Å². The maximum absolute atomic E-state index is 12.8. The summed E-state index contributed by atoms with van der Waals surface area (Å²) < 4.78 is 7.08. The average molecular weight is 425 g/mol. The van der Waals surface area contributed by atoms with Crippen LogP contribution in [-0.4, -0.2) is 28.2 Å². The van der Waals surface area contributed by atoms with Crippen molar-refractivity contribution >= 4 is 11.9 Å². The Morgan fingerprint density at radius 2 is 1.59 bits per heavy atom. The minimum Gasteiger partial charge on any atom is -0.460 e. The highest BCUT2D eigenvalue weighted by Crippen LogP contribution is 2.24. The summed E-state index contributed by atoms with van der Waals surface area (Å²) in [5, 5.41) is 6.88. The molecular formula is C26H23N3O3. The summed E-state index contributed by atoms with van der Waals surface area (Å²) in [4.78, 5) is 24.8. The monoisotopic (exact) mass is 425 g/mol. The van der Waals surface area contributed by atoms with Gasteiger partial charge in [-0.1, -0.05) is 72.8 Å². The number of rotatable bonds is 8. The number of carbonyl (C=O) groups is 2. The molecule has 160 valence electrons. The van der Waals surface area contributed by atoms with Crippen molar-refractivity contribution in [2.45, 2.75) is 13.2 Å². The second-order valence-corrected chi connectivity index (χ2v) is 7.28. The number of hydrogen-bond donors (Lipinski definition) is 1. The number of ether oxygens (including phenoxy) is 1. The van der Waals surface area contributed by atoms with Gasteiger partial charge >= 0.3 is 5.97 Å². The van der Waals surface area contributed by atoms with Crippen LogP contribution in [0.3, 0.4) is 0 Å². The fourth-order valence-corrected chi connectivity index (χ4v) is 3.34. The van der Waals surface area contributed by atoms with Crippen LogP contribution in [0.4, 0.5) is 0 Å². The molecule has 0 bridgehead atoms. The third-order valence-electron chi connectivity index (χ3n) is 4.98. The van der Waals surface area contributed by atoms with E-state index in [4.69, 9.17) is 4.74 Å². The molecule has 0 aliphatic heterocycles. The fraction of sp³-hybridized carbons (Fsp3) is 0.115. The lowest BCUT2D eigenvalue weighted by Crippen LogP contribution is -2.30. The van der Waals surface area contributed by atoms with E-state index in [2.05, 4.69) is 10.4 Å². The molecule has 0 saturated heterocycles. The first-order valence-electron chi connectivity index (χ1n) is 10.3. The van der Waals surface area contributed by atoms with E-state index in [0.717, 1.165) is 22.3 Å². The number of hydrogen-bond acceptors (Lipinski definition) is 4. The predicted octanol–water partition coefficient (Wildman–Crippen LogP) is 4.07. The highest BCUT2D eigenvalue weighted by Gasteiger charge is 2.14. The van der Waals surface area contributed by atoms with E-state index in [1.54, 1.807) is 18.3 Å². The van der Waals surface area contributed by atoms with Crippen molar-refractivity contribution < 1.29 is 14.3 Å². The van der Waals surface area contributed by atoms with Crippen LogP contribution in [0, 0.1) is 0 Å². The molecule has 0 spiro atoms. The summed E-state index contributed by atoms with van der Waals surface area (Å²) >= 11 is 0. The van der Waals surface area contributed by atoms with Gasteiger partial charge in [-0.05, 0) is 34.4 Å². The molecule has 4 aromatic rings. The standard InChI is InChI=1S/C26H23N3O3/c30-25(32-19-21-7-2-1-3-8-21)17-27-26(31)24-10-5-4-9-23(24)22-13-11-20(12-14-22)18-29-16-6-15-28-29/h1-16H,17-19H2,(H,27,31). The number of nitrogens with zero attached hydrogens (tertiary/aromatic N) is 2. The minimum absolute atomic E-state index is 0.178. The van der Waals surface area contributed by atoms with Gasteiger partial charge in [0.2, 0.25) is 0 Å². The van der Waals surface area contributed by atoms with Gasteiger partial charge in [-0.2, -0.15) is 5.10 Å². The number of benzene rings is 3. The van der Waals surface area contributed by atoms with Crippen LogP contribution < -0.4 is 5.32 Å². The van der Waals surface area contributed by atoms with Crippen LogP contribution in [-0.2, 0) is 22.7 Å². The molecule has 3 aromatic carbocycles. The van der Waals surface area contributed by atoms with Crippen molar-refractivity contribution in [1.29, 1.82) is 0 Å². The Kier molecular flexibility index (Phi) is 6.72. The molecule has 4 rings (SSSR count). The summed E-state index contributed by atoms with van der Waals surface area (Å²) in [6, 6.07) is 26.6. The lowest BCUT2D eigenvalue weighted by atomic mass is 9.98. The lowest BCUT2D eigenvalue weighted by Gasteiger charge is -2.11. The first kappa shape index (κ1) is 21.1. The van der Waals surface area contributed by atoms with E-state index in [1.807, 2.05) is 83.7 Å². The smallest absolute Gasteiger partial charge is 0.325 e. The van der Waals surface area contributed by atoms with Gasteiger partial charge in [0.05, 0.1) is 6.54 Å². The Hall–Kier alpha value is -4.19. The van der Waals surface area contributed by atoms with Crippen molar-refractivity contribution in [3.8, 4) is 11.1 Å². The van der Waals surface area contributed by atoms with Crippen molar-refractivity contribution in [3.63, 3.8) is 0 Å². The maximum atomic E-state index is 12.8. The molecule has 0 radical (unpaired) electrons. The molecule has 0 fully saturated rings. The summed E-state index contributed by atoms with van der Waals surface area (Å²) in [5.41, 5.74) is 4.23. The first-order chi connectivity index (χ1) is 15.7. The Bertz CT molecular complexity index is 1170. The van der Waals surface area contributed by atoms with E-state index in [9.17, 15) is 9.59 Å².